The van der Waals surface area contributed by atoms with Gasteiger partial charge in [0.2, 0.25) is 10.0 Å². The third-order valence-corrected chi connectivity index (χ3v) is 6.78. The second-order valence-electron chi connectivity index (χ2n) is 5.04. The molecule has 0 spiro atoms. The van der Waals surface area contributed by atoms with Crippen LogP contribution in [0.25, 0.3) is 0 Å². The van der Waals surface area contributed by atoms with Crippen molar-refractivity contribution in [2.24, 2.45) is 0 Å². The van der Waals surface area contributed by atoms with Crippen molar-refractivity contribution < 1.29 is 13.5 Å². The molecule has 0 amide bonds. The summed E-state index contributed by atoms with van der Waals surface area (Å²) in [4.78, 5) is 0.266. The summed E-state index contributed by atoms with van der Waals surface area (Å²) >= 11 is 1.79. The molecule has 0 radical (unpaired) electrons. The lowest BCUT2D eigenvalue weighted by Crippen LogP contribution is -2.37. The van der Waals surface area contributed by atoms with Gasteiger partial charge in [-0.25, -0.2) is 8.42 Å². The van der Waals surface area contributed by atoms with Gasteiger partial charge in [-0.15, -0.1) is 0 Å². The van der Waals surface area contributed by atoms with Gasteiger partial charge in [-0.2, -0.15) is 16.1 Å². The van der Waals surface area contributed by atoms with E-state index in [0.29, 0.717) is 12.0 Å². The Hall–Kier alpha value is -0.560. The first-order chi connectivity index (χ1) is 9.46. The highest BCUT2D eigenvalue weighted by Crippen LogP contribution is 2.27. The molecule has 1 aliphatic rings. The van der Waals surface area contributed by atoms with Crippen molar-refractivity contribution in [3.05, 3.63) is 29.8 Å². The second-order valence-corrected chi connectivity index (χ2v) is 8.18. The van der Waals surface area contributed by atoms with Gasteiger partial charge in [0.05, 0.1) is 11.0 Å². The molecule has 1 N–H and O–H groups in total. The maximum absolute atomic E-state index is 12.6. The number of sulfonamides is 1. The van der Waals surface area contributed by atoms with Crippen LogP contribution in [0.5, 0.6) is 0 Å². The normalized spacial score (nSPS) is 21.3. The highest BCUT2D eigenvalue weighted by molar-refractivity contribution is 7.99. The van der Waals surface area contributed by atoms with E-state index in [9.17, 15) is 13.5 Å². The molecule has 1 saturated heterocycles. The highest BCUT2D eigenvalue weighted by Gasteiger charge is 2.30. The van der Waals surface area contributed by atoms with E-state index >= 15 is 0 Å². The zero-order valence-corrected chi connectivity index (χ0v) is 13.5. The zero-order chi connectivity index (χ0) is 14.8. The van der Waals surface area contributed by atoms with E-state index in [1.54, 1.807) is 43.1 Å². The summed E-state index contributed by atoms with van der Waals surface area (Å²) in [5, 5.41) is 9.86. The Labute approximate surface area is 125 Å². The minimum atomic E-state index is -3.48. The fourth-order valence-corrected chi connectivity index (χ4v) is 5.09. The van der Waals surface area contributed by atoms with E-state index in [-0.39, 0.29) is 10.9 Å². The number of nitrogens with zero attached hydrogens (tertiary/aromatic N) is 1. The molecule has 0 bridgehead atoms. The van der Waals surface area contributed by atoms with Crippen LogP contribution in [-0.4, -0.2) is 42.4 Å². The van der Waals surface area contributed by atoms with Crippen molar-refractivity contribution >= 4 is 21.8 Å². The highest BCUT2D eigenvalue weighted by atomic mass is 32.2. The summed E-state index contributed by atoms with van der Waals surface area (Å²) in [5.74, 6) is 1.87. The van der Waals surface area contributed by atoms with Gasteiger partial charge in [-0.1, -0.05) is 19.1 Å². The monoisotopic (exact) mass is 315 g/mol. The van der Waals surface area contributed by atoms with Crippen molar-refractivity contribution in [1.82, 2.24) is 4.31 Å². The van der Waals surface area contributed by atoms with Gasteiger partial charge in [-0.3, -0.25) is 0 Å². The van der Waals surface area contributed by atoms with E-state index in [2.05, 4.69) is 0 Å². The average molecular weight is 315 g/mol. The Morgan fingerprint density at radius 1 is 1.50 bits per heavy atom. The van der Waals surface area contributed by atoms with Gasteiger partial charge in [0, 0.05) is 18.8 Å². The van der Waals surface area contributed by atoms with Crippen molar-refractivity contribution in [1.29, 1.82) is 0 Å². The fourth-order valence-electron chi connectivity index (χ4n) is 2.29. The topological polar surface area (TPSA) is 57.6 Å². The molecule has 1 aliphatic heterocycles. The molecule has 2 atom stereocenters. The summed E-state index contributed by atoms with van der Waals surface area (Å²) in [6.07, 6.45) is 0.855. The SMILES string of the molecule is CCC(O)c1cccc(S(=O)(=O)N(C)C2CCSC2)c1. The molecular formula is C14H21NO3S2. The molecule has 0 aromatic heterocycles. The van der Waals surface area contributed by atoms with E-state index in [0.717, 1.165) is 17.9 Å². The van der Waals surface area contributed by atoms with Crippen molar-refractivity contribution in [3.63, 3.8) is 0 Å². The summed E-state index contributed by atoms with van der Waals surface area (Å²) in [7, 11) is -1.83. The fraction of sp³-hybridized carbons (Fsp3) is 0.571. The largest absolute Gasteiger partial charge is 0.388 e. The number of thioether (sulfide) groups is 1. The van der Waals surface area contributed by atoms with Gasteiger partial charge in [0.1, 0.15) is 0 Å². The maximum atomic E-state index is 12.6. The van der Waals surface area contributed by atoms with Crippen LogP contribution < -0.4 is 0 Å². The molecule has 1 aromatic carbocycles. The number of hydrogen-bond donors (Lipinski definition) is 1. The molecule has 1 heterocycles. The predicted molar refractivity (Wildman–Crippen MR) is 82.4 cm³/mol. The minimum Gasteiger partial charge on any atom is -0.388 e. The molecule has 20 heavy (non-hydrogen) atoms. The number of aliphatic hydroxyl groups excluding tert-OH is 1. The van der Waals surface area contributed by atoms with E-state index in [1.165, 1.54) is 4.31 Å². The maximum Gasteiger partial charge on any atom is 0.243 e. The molecule has 0 aliphatic carbocycles. The van der Waals surface area contributed by atoms with Gasteiger partial charge in [-0.05, 0) is 36.3 Å². The number of aliphatic hydroxyl groups is 1. The lowest BCUT2D eigenvalue weighted by atomic mass is 10.1. The first-order valence-corrected chi connectivity index (χ1v) is 9.40. The standard InChI is InChI=1S/C14H21NO3S2/c1-3-14(16)11-5-4-6-13(9-11)20(17,18)15(2)12-7-8-19-10-12/h4-6,9,12,14,16H,3,7-8,10H2,1-2H3. The molecule has 1 aromatic rings. The summed E-state index contributed by atoms with van der Waals surface area (Å²) < 4.78 is 26.7. The zero-order valence-electron chi connectivity index (χ0n) is 11.8. The minimum absolute atomic E-state index is 0.0738. The lowest BCUT2D eigenvalue weighted by Gasteiger charge is -2.23. The average Bonchev–Trinajstić information content (AvgIpc) is 2.99. The molecule has 112 valence electrons. The molecule has 1 fully saturated rings. The van der Waals surface area contributed by atoms with Crippen molar-refractivity contribution in [3.8, 4) is 0 Å². The third kappa shape index (κ3) is 3.19. The summed E-state index contributed by atoms with van der Waals surface area (Å²) in [6.45, 7) is 1.87. The Morgan fingerprint density at radius 3 is 2.85 bits per heavy atom. The molecule has 2 unspecified atom stereocenters. The van der Waals surface area contributed by atoms with Crippen LogP contribution in [0.15, 0.2) is 29.2 Å². The molecule has 2 rings (SSSR count). The quantitative estimate of drug-likeness (QED) is 0.905. The summed E-state index contributed by atoms with van der Waals surface area (Å²) in [5.41, 5.74) is 0.655. The number of hydrogen-bond acceptors (Lipinski definition) is 4. The van der Waals surface area contributed by atoms with E-state index < -0.39 is 16.1 Å². The Bertz CT molecular complexity index is 553. The number of rotatable bonds is 5. The molecule has 0 saturated carbocycles. The van der Waals surface area contributed by atoms with Crippen LogP contribution in [-0.2, 0) is 10.0 Å². The number of benzene rings is 1. The van der Waals surface area contributed by atoms with Gasteiger partial charge < -0.3 is 5.11 Å². The van der Waals surface area contributed by atoms with Crippen LogP contribution in [0.1, 0.15) is 31.4 Å². The van der Waals surface area contributed by atoms with Crippen LogP contribution in [0.4, 0.5) is 0 Å². The third-order valence-electron chi connectivity index (χ3n) is 3.73. The van der Waals surface area contributed by atoms with Crippen LogP contribution in [0, 0.1) is 0 Å². The molecule has 6 heteroatoms. The predicted octanol–water partition coefficient (Wildman–Crippen LogP) is 2.26. The van der Waals surface area contributed by atoms with Gasteiger partial charge in [0.15, 0.2) is 0 Å². The molecular weight excluding hydrogens is 294 g/mol. The van der Waals surface area contributed by atoms with Crippen LogP contribution in [0.2, 0.25) is 0 Å². The van der Waals surface area contributed by atoms with E-state index in [1.807, 2.05) is 6.92 Å². The smallest absolute Gasteiger partial charge is 0.243 e. The molecule has 4 nitrogen and oxygen atoms in total. The van der Waals surface area contributed by atoms with Crippen molar-refractivity contribution in [2.75, 3.05) is 18.6 Å². The first-order valence-electron chi connectivity index (χ1n) is 6.80. The first kappa shape index (κ1) is 15.8. The van der Waals surface area contributed by atoms with E-state index in [4.69, 9.17) is 0 Å². The van der Waals surface area contributed by atoms with Crippen LogP contribution in [0.3, 0.4) is 0 Å². The van der Waals surface area contributed by atoms with Gasteiger partial charge in [0.25, 0.3) is 0 Å². The Kier molecular flexibility index (Phi) is 5.12. The Balaban J connectivity index is 2.29. The second kappa shape index (κ2) is 6.47. The van der Waals surface area contributed by atoms with Crippen molar-refractivity contribution in [2.45, 2.75) is 36.8 Å². The van der Waals surface area contributed by atoms with Crippen LogP contribution >= 0.6 is 11.8 Å². The Morgan fingerprint density at radius 2 is 2.25 bits per heavy atom. The summed E-state index contributed by atoms with van der Waals surface area (Å²) in [6, 6.07) is 6.71. The van der Waals surface area contributed by atoms with Gasteiger partial charge >= 0.3 is 0 Å². The lowest BCUT2D eigenvalue weighted by molar-refractivity contribution is 0.173.